The number of likely N-dealkylation sites (N-methyl/N-ethyl adjacent to an activating group) is 1. The van der Waals surface area contributed by atoms with Gasteiger partial charge in [-0.2, -0.15) is 4.68 Å². The Kier molecular flexibility index (Phi) is 36.2. The molecule has 1 atom stereocenters. The number of hydrogen-bond acceptors (Lipinski definition) is 19. The third-order valence-corrected chi connectivity index (χ3v) is 26.2. The lowest BCUT2D eigenvalue weighted by atomic mass is 9.84. The number of phenolic OH excluding ortho intramolecular Hbond substituents is 2. The van der Waals surface area contributed by atoms with Gasteiger partial charge in [0.25, 0.3) is 0 Å². The number of fused-ring (bicyclic) bond motifs is 2. The molecule has 2 aromatic heterocycles. The second-order valence-electron chi connectivity index (χ2n) is 40.6. The van der Waals surface area contributed by atoms with Crippen LogP contribution in [0.25, 0.3) is 16.7 Å². The number of piperidine rings is 3. The summed E-state index contributed by atoms with van der Waals surface area (Å²) in [4.78, 5) is 44.4. The summed E-state index contributed by atoms with van der Waals surface area (Å²) in [5, 5.41) is 55.4. The number of H-pyrrole nitrogens is 1. The van der Waals surface area contributed by atoms with Crippen molar-refractivity contribution in [2.75, 3.05) is 85.2 Å². The Bertz CT molecular complexity index is 5040. The van der Waals surface area contributed by atoms with Crippen LogP contribution in [0.3, 0.4) is 0 Å². The second kappa shape index (κ2) is 45.1. The van der Waals surface area contributed by atoms with Gasteiger partial charge in [0.2, 0.25) is 11.1 Å². The average Bonchev–Trinajstić information content (AvgIpc) is 1.59. The number of halogens is 1. The SMILES string of the molecule is CC(C)(C)N(Cc1ccccc1)Cc1ccccc1.CC(C)(C)N1CCC(n2c(=O)[nH]c3ccccc32)CC1.CC(C)(C)N1CCC2(CC1)C(=O)NCN2c1ccccc1.CC(C)(C)Sc1nnnn1-c1ccc(O)cc1.CC(C)N1CCC(O)(c2ccc(Cl)cc2)CC1.CN(C[C@@H](O)c1cccc(O)c1)C(C)(C)C.COc1cc2c(cc1OC)CN(C(C)(C)C)CC2. The average molecular weight is 1790 g/mol. The van der Waals surface area contributed by atoms with Crippen LogP contribution >= 0.6 is 23.4 Å². The number of amides is 1. The Morgan fingerprint density at radius 3 is 1.60 bits per heavy atom. The minimum absolute atomic E-state index is 0.0256. The van der Waals surface area contributed by atoms with E-state index in [2.05, 4.69) is 284 Å². The highest BCUT2D eigenvalue weighted by atomic mass is 35.5. The fraction of sp³-hybridized carbons (Fsp3) is 0.510. The van der Waals surface area contributed by atoms with E-state index in [-0.39, 0.29) is 61.1 Å². The number of nitrogens with zero attached hydrogens (tertiary/aromatic N) is 12. The number of likely N-dealkylation sites (tertiary alicyclic amines) is 3. The standard InChI is InChI=1S/C18H23N.C17H25N3O.C16H23N3O.C15H23NO2.C14H20ClNO.C13H21NO2.C11H14N4OS/c1-18(2,3)19(14-16-10-6-4-7-11-16)15-17-12-8-5-9-13-17;1-16(2,3)19-11-9-17(10-12-19)15(21)18-13-20(17)14-7-5-4-6-8-14;1-16(2,3)18-10-8-12(9-11-18)19-14-7-5-4-6-13(14)17-15(19)20;1-15(2,3)16-7-6-11-8-13(17-4)14(18-5)9-12(11)10-16;1-11(2)16-9-7-14(17,8-10-16)12-3-5-13(15)6-4-12;1-13(2,3)14(4)9-12(16)10-6-5-7-11(15)8-10;1-11(2,3)17-10-12-13-14-15(10)8-4-6-9(16)7-5-8/h4-13H,14-15H2,1-3H3;4-8H,9-13H2,1-3H3,(H,18,21);4-7,12H,8-11H2,1-3H3,(H,17,20);8-9H,6-7,10H2,1-5H3;3-6,11,17H,7-10H2,1-2H3;5-8,12,15-16H,9H2,1-4H3;4-7,16H,1-3H3/t;;;;;12-;/m.....1./s1. The number of carbonyl (C=O) groups excluding carboxylic acids is 1. The molecule has 0 saturated carbocycles. The van der Waals surface area contributed by atoms with Crippen LogP contribution in [0.5, 0.6) is 23.0 Å². The lowest BCUT2D eigenvalue weighted by molar-refractivity contribution is -0.125. The zero-order chi connectivity index (χ0) is 93.7. The van der Waals surface area contributed by atoms with Gasteiger partial charge in [-0.3, -0.25) is 33.9 Å². The summed E-state index contributed by atoms with van der Waals surface area (Å²) in [5.74, 6) is 2.27. The van der Waals surface area contributed by atoms with E-state index in [1.807, 2.05) is 84.4 Å². The molecule has 0 radical (unpaired) electrons. The molecular weight excluding hydrogens is 1640 g/mol. The van der Waals surface area contributed by atoms with Crippen LogP contribution in [0.4, 0.5) is 5.69 Å². The number of benzene rings is 8. The summed E-state index contributed by atoms with van der Waals surface area (Å²) in [6, 6.07) is 65.9. The number of aliphatic hydroxyl groups excluding tert-OH is 1. The predicted octanol–water partition coefficient (Wildman–Crippen LogP) is 19.8. The van der Waals surface area contributed by atoms with Gasteiger partial charge in [-0.05, 0) is 298 Å². The molecule has 22 nitrogen and oxygen atoms in total. The lowest BCUT2D eigenvalue weighted by Gasteiger charge is -2.47. The van der Waals surface area contributed by atoms with Crippen LogP contribution in [-0.2, 0) is 36.5 Å². The van der Waals surface area contributed by atoms with Crippen molar-refractivity contribution in [3.05, 3.63) is 249 Å². The van der Waals surface area contributed by atoms with E-state index in [4.69, 9.17) is 21.1 Å². The number of aromatic hydroxyl groups is 2. The van der Waals surface area contributed by atoms with Crippen molar-refractivity contribution in [1.29, 1.82) is 0 Å². The maximum atomic E-state index is 12.5. The molecule has 1 amide bonds. The number of tetrazole rings is 1. The minimum atomic E-state index is -0.671. The van der Waals surface area contributed by atoms with Crippen molar-refractivity contribution in [3.63, 3.8) is 0 Å². The number of aromatic nitrogens is 6. The fourth-order valence-corrected chi connectivity index (χ4v) is 17.5. The van der Waals surface area contributed by atoms with Crippen molar-refractivity contribution in [2.24, 2.45) is 0 Å². The number of anilines is 1. The first kappa shape index (κ1) is 103. The Morgan fingerprint density at radius 1 is 0.570 bits per heavy atom. The molecule has 696 valence electrons. The monoisotopic (exact) mass is 1790 g/mol. The molecule has 24 heteroatoms. The van der Waals surface area contributed by atoms with Crippen LogP contribution in [-0.4, -0.2) is 210 Å². The first-order valence-electron chi connectivity index (χ1n) is 45.5. The Balaban J connectivity index is 0.000000169. The number of phenols is 2. The van der Waals surface area contributed by atoms with Gasteiger partial charge < -0.3 is 50.0 Å². The first-order chi connectivity index (χ1) is 60.2. The van der Waals surface area contributed by atoms with E-state index >= 15 is 0 Å². The molecular formula is C104H149ClN14O8S. The molecule has 8 aromatic carbocycles. The quantitative estimate of drug-likeness (QED) is 0.0524. The summed E-state index contributed by atoms with van der Waals surface area (Å²) >= 11 is 7.47. The van der Waals surface area contributed by atoms with Gasteiger partial charge in [-0.1, -0.05) is 159 Å². The summed E-state index contributed by atoms with van der Waals surface area (Å²) in [5.41, 5.74) is 10.9. The molecule has 4 fully saturated rings. The molecule has 10 aromatic rings. The van der Waals surface area contributed by atoms with Crippen molar-refractivity contribution in [1.82, 2.24) is 64.5 Å². The van der Waals surface area contributed by atoms with E-state index in [0.717, 1.165) is 166 Å². The van der Waals surface area contributed by atoms with Crippen molar-refractivity contribution < 1.29 is 34.7 Å². The lowest BCUT2D eigenvalue weighted by Crippen LogP contribution is -2.59. The summed E-state index contributed by atoms with van der Waals surface area (Å²) in [6.07, 6.45) is 5.97. The maximum Gasteiger partial charge on any atom is 0.326 e. The van der Waals surface area contributed by atoms with Crippen molar-refractivity contribution >= 4 is 46.0 Å². The van der Waals surface area contributed by atoms with Crippen LogP contribution in [0.1, 0.15) is 223 Å². The van der Waals surface area contributed by atoms with Crippen LogP contribution in [0.15, 0.2) is 210 Å². The number of hydrogen-bond donors (Lipinski definition) is 6. The number of thioether (sulfide) groups is 1. The number of ether oxygens (including phenoxy) is 2. The Morgan fingerprint density at radius 2 is 1.09 bits per heavy atom. The Hall–Kier alpha value is -9.11. The largest absolute Gasteiger partial charge is 0.508 e. The number of para-hydroxylation sites is 3. The van der Waals surface area contributed by atoms with Gasteiger partial charge in [0.1, 0.15) is 17.0 Å². The second-order valence-corrected chi connectivity index (χ2v) is 42.8. The summed E-state index contributed by atoms with van der Waals surface area (Å²) < 4.78 is 14.4. The van der Waals surface area contributed by atoms with E-state index in [1.165, 1.54) is 22.3 Å². The van der Waals surface area contributed by atoms with E-state index in [0.29, 0.717) is 25.3 Å². The normalized spacial score (nSPS) is 16.8. The summed E-state index contributed by atoms with van der Waals surface area (Å²) in [6.45, 7) is 55.3. The van der Waals surface area contributed by atoms with E-state index in [1.54, 1.807) is 73.1 Å². The Labute approximate surface area is 773 Å². The third kappa shape index (κ3) is 29.4. The number of aliphatic hydroxyl groups is 2. The van der Waals surface area contributed by atoms with Crippen LogP contribution in [0, 0.1) is 0 Å². The number of imidazole rings is 1. The number of nitrogens with one attached hydrogen (secondary N) is 2. The molecule has 15 rings (SSSR count). The number of rotatable bonds is 15. The number of β-amino-alcohol motifs (C(OH)–C–C–N with tert-alkyl or cyclic N) is 1. The molecule has 4 saturated heterocycles. The van der Waals surface area contributed by atoms with Gasteiger partial charge in [0.15, 0.2) is 11.5 Å². The predicted molar refractivity (Wildman–Crippen MR) is 526 cm³/mol. The van der Waals surface area contributed by atoms with Gasteiger partial charge in [-0.25, -0.2) is 4.79 Å². The van der Waals surface area contributed by atoms with Gasteiger partial charge in [0, 0.05) is 127 Å². The molecule has 5 aliphatic rings. The maximum absolute atomic E-state index is 12.5. The first-order valence-corrected chi connectivity index (χ1v) is 46.7. The molecule has 0 bridgehead atoms. The highest BCUT2D eigenvalue weighted by Gasteiger charge is 2.51. The number of aromatic amines is 1. The smallest absolute Gasteiger partial charge is 0.326 e. The molecule has 0 unspecified atom stereocenters. The minimum Gasteiger partial charge on any atom is -0.508 e. The molecule has 6 N–H and O–H groups in total. The number of methoxy groups -OCH3 is 2. The number of carbonyl (C=O) groups is 1. The molecule has 128 heavy (non-hydrogen) atoms. The van der Waals surface area contributed by atoms with Gasteiger partial charge in [0.05, 0.1) is 49.3 Å². The van der Waals surface area contributed by atoms with E-state index in [9.17, 15) is 30.0 Å². The third-order valence-electron chi connectivity index (χ3n) is 24.9. The highest BCUT2D eigenvalue weighted by Crippen LogP contribution is 2.41. The molecule has 5 aliphatic heterocycles. The van der Waals surface area contributed by atoms with Crippen LogP contribution < -0.4 is 25.4 Å². The van der Waals surface area contributed by atoms with Gasteiger partial charge >= 0.3 is 5.69 Å². The molecule has 7 heterocycles. The van der Waals surface area contributed by atoms with Crippen molar-refractivity contribution in [2.45, 2.75) is 270 Å². The molecule has 0 aliphatic carbocycles. The fourth-order valence-electron chi connectivity index (χ4n) is 16.5. The molecule has 1 spiro atoms. The highest BCUT2D eigenvalue weighted by molar-refractivity contribution is 8.00. The van der Waals surface area contributed by atoms with Crippen molar-refractivity contribution in [3.8, 4) is 28.7 Å². The zero-order valence-electron chi connectivity index (χ0n) is 80.8. The van der Waals surface area contributed by atoms with Gasteiger partial charge in [-0.15, -0.1) is 5.10 Å². The topological polar surface area (TPSA) is 233 Å². The van der Waals surface area contributed by atoms with Crippen LogP contribution in [0.2, 0.25) is 5.02 Å². The summed E-state index contributed by atoms with van der Waals surface area (Å²) in [7, 11) is 5.36. The zero-order valence-corrected chi connectivity index (χ0v) is 82.4. The van der Waals surface area contributed by atoms with E-state index < -0.39 is 11.7 Å².